The number of carbonyl (C=O) groups excluding carboxylic acids is 1. The molecule has 3 aromatic rings. The summed E-state index contributed by atoms with van der Waals surface area (Å²) in [5.74, 6) is 0.323. The van der Waals surface area contributed by atoms with E-state index in [-0.39, 0.29) is 18.6 Å². The van der Waals surface area contributed by atoms with Crippen LogP contribution in [0.4, 0.5) is 0 Å². The summed E-state index contributed by atoms with van der Waals surface area (Å²) < 4.78 is 5.52. The van der Waals surface area contributed by atoms with Crippen molar-refractivity contribution < 1.29 is 9.53 Å². The first-order valence-corrected chi connectivity index (χ1v) is 8.85. The predicted octanol–water partition coefficient (Wildman–Crippen LogP) is 5.28. The Morgan fingerprint density at radius 2 is 1.54 bits per heavy atom. The fourth-order valence-corrected chi connectivity index (χ4v) is 2.87. The van der Waals surface area contributed by atoms with E-state index in [0.29, 0.717) is 15.8 Å². The molecular formula is C21H17Cl2NO2. The molecule has 132 valence electrons. The van der Waals surface area contributed by atoms with Crippen molar-refractivity contribution in [2.45, 2.75) is 6.04 Å². The van der Waals surface area contributed by atoms with Crippen LogP contribution in [0.5, 0.6) is 5.75 Å². The molecule has 3 rings (SSSR count). The van der Waals surface area contributed by atoms with Gasteiger partial charge in [-0.1, -0.05) is 71.7 Å². The number of carbonyl (C=O) groups is 1. The summed E-state index contributed by atoms with van der Waals surface area (Å²) in [7, 11) is 0. The zero-order chi connectivity index (χ0) is 18.4. The molecule has 0 aliphatic carbocycles. The molecule has 0 saturated heterocycles. The molecule has 0 unspecified atom stereocenters. The van der Waals surface area contributed by atoms with E-state index in [0.717, 1.165) is 11.1 Å². The van der Waals surface area contributed by atoms with Gasteiger partial charge < -0.3 is 10.1 Å². The van der Waals surface area contributed by atoms with Crippen LogP contribution in [0.15, 0.2) is 78.9 Å². The largest absolute Gasteiger partial charge is 0.484 e. The number of benzene rings is 3. The van der Waals surface area contributed by atoms with Crippen LogP contribution in [-0.2, 0) is 4.79 Å². The van der Waals surface area contributed by atoms with Crippen molar-refractivity contribution in [1.82, 2.24) is 5.32 Å². The van der Waals surface area contributed by atoms with E-state index in [1.807, 2.05) is 42.5 Å². The Morgan fingerprint density at radius 3 is 2.23 bits per heavy atom. The molecule has 0 bridgehead atoms. The van der Waals surface area contributed by atoms with Crippen LogP contribution in [0.3, 0.4) is 0 Å². The minimum Gasteiger partial charge on any atom is -0.484 e. The molecule has 0 aromatic heterocycles. The molecule has 3 aromatic carbocycles. The first kappa shape index (κ1) is 18.3. The van der Waals surface area contributed by atoms with Crippen molar-refractivity contribution in [2.24, 2.45) is 0 Å². The third kappa shape index (κ3) is 5.01. The lowest BCUT2D eigenvalue weighted by Gasteiger charge is -2.20. The maximum Gasteiger partial charge on any atom is 0.258 e. The second-order valence-electron chi connectivity index (χ2n) is 5.71. The van der Waals surface area contributed by atoms with Crippen LogP contribution in [0.2, 0.25) is 10.0 Å². The van der Waals surface area contributed by atoms with Crippen molar-refractivity contribution in [3.63, 3.8) is 0 Å². The Hall–Kier alpha value is -2.49. The number of rotatable bonds is 6. The molecule has 3 nitrogen and oxygen atoms in total. The van der Waals surface area contributed by atoms with Gasteiger partial charge in [0.15, 0.2) is 6.61 Å². The molecule has 1 N–H and O–H groups in total. The lowest BCUT2D eigenvalue weighted by atomic mass is 9.99. The quantitative estimate of drug-likeness (QED) is 0.626. The van der Waals surface area contributed by atoms with E-state index in [2.05, 4.69) is 5.32 Å². The number of halogens is 2. The van der Waals surface area contributed by atoms with E-state index in [4.69, 9.17) is 27.9 Å². The van der Waals surface area contributed by atoms with Gasteiger partial charge >= 0.3 is 0 Å². The number of nitrogens with one attached hydrogen (secondary N) is 1. The SMILES string of the molecule is O=C(COc1cccc(Cl)c1)N[C@H](c1ccccc1)c1ccc(Cl)cc1. The number of hydrogen-bond acceptors (Lipinski definition) is 2. The molecule has 1 atom stereocenters. The molecule has 1 amide bonds. The van der Waals surface area contributed by atoms with Crippen LogP contribution in [-0.4, -0.2) is 12.5 Å². The standard InChI is InChI=1S/C21H17Cl2NO2/c22-17-11-9-16(10-12-17)21(15-5-2-1-3-6-15)24-20(25)14-26-19-8-4-7-18(23)13-19/h1-13,21H,14H2,(H,24,25)/t21-/m1/s1. The van der Waals surface area contributed by atoms with E-state index in [1.165, 1.54) is 0 Å². The molecule has 5 heteroatoms. The zero-order valence-corrected chi connectivity index (χ0v) is 15.4. The minimum absolute atomic E-state index is 0.0999. The fourth-order valence-electron chi connectivity index (χ4n) is 2.57. The average Bonchev–Trinajstić information content (AvgIpc) is 2.66. The van der Waals surface area contributed by atoms with Gasteiger partial charge in [0.2, 0.25) is 0 Å². The normalized spacial score (nSPS) is 11.6. The number of amides is 1. The summed E-state index contributed by atoms with van der Waals surface area (Å²) in [6, 6.07) is 23.8. The van der Waals surface area contributed by atoms with Crippen LogP contribution in [0.1, 0.15) is 17.2 Å². The third-order valence-electron chi connectivity index (χ3n) is 3.81. The van der Waals surface area contributed by atoms with Gasteiger partial charge in [-0.05, 0) is 41.5 Å². The van der Waals surface area contributed by atoms with E-state index in [1.54, 1.807) is 36.4 Å². The van der Waals surface area contributed by atoms with Gasteiger partial charge in [-0.2, -0.15) is 0 Å². The molecule has 0 radical (unpaired) electrons. The van der Waals surface area contributed by atoms with E-state index < -0.39 is 0 Å². The van der Waals surface area contributed by atoms with Crippen LogP contribution >= 0.6 is 23.2 Å². The highest BCUT2D eigenvalue weighted by Crippen LogP contribution is 2.23. The monoisotopic (exact) mass is 385 g/mol. The summed E-state index contributed by atoms with van der Waals surface area (Å²) in [6.07, 6.45) is 0. The number of hydrogen-bond donors (Lipinski definition) is 1. The molecule has 0 aliphatic rings. The lowest BCUT2D eigenvalue weighted by Crippen LogP contribution is -2.33. The highest BCUT2D eigenvalue weighted by atomic mass is 35.5. The molecule has 0 fully saturated rings. The van der Waals surface area contributed by atoms with Gasteiger partial charge in [0.1, 0.15) is 5.75 Å². The average molecular weight is 386 g/mol. The highest BCUT2D eigenvalue weighted by Gasteiger charge is 2.17. The maximum absolute atomic E-state index is 12.4. The van der Waals surface area contributed by atoms with Crippen molar-refractivity contribution in [3.05, 3.63) is 100 Å². The first-order chi connectivity index (χ1) is 12.6. The third-order valence-corrected chi connectivity index (χ3v) is 4.29. The highest BCUT2D eigenvalue weighted by molar-refractivity contribution is 6.30. The molecule has 0 aliphatic heterocycles. The summed E-state index contributed by atoms with van der Waals surface area (Å²) >= 11 is 11.9. The topological polar surface area (TPSA) is 38.3 Å². The summed E-state index contributed by atoms with van der Waals surface area (Å²) in [5.41, 5.74) is 1.92. The zero-order valence-electron chi connectivity index (χ0n) is 13.9. The van der Waals surface area contributed by atoms with Gasteiger partial charge in [-0.15, -0.1) is 0 Å². The molecule has 0 spiro atoms. The maximum atomic E-state index is 12.4. The fraction of sp³-hybridized carbons (Fsp3) is 0.0952. The van der Waals surface area contributed by atoms with Crippen molar-refractivity contribution in [2.75, 3.05) is 6.61 Å². The minimum atomic E-state index is -0.288. The number of ether oxygens (including phenoxy) is 1. The summed E-state index contributed by atoms with van der Waals surface area (Å²) in [6.45, 7) is -0.0999. The van der Waals surface area contributed by atoms with Gasteiger partial charge in [0.25, 0.3) is 5.91 Å². The predicted molar refractivity (Wildman–Crippen MR) is 105 cm³/mol. The van der Waals surface area contributed by atoms with Crippen LogP contribution in [0, 0.1) is 0 Å². The molecular weight excluding hydrogens is 369 g/mol. The smallest absolute Gasteiger partial charge is 0.258 e. The Kier molecular flexibility index (Phi) is 6.16. The Labute approximate surface area is 162 Å². The summed E-state index contributed by atoms with van der Waals surface area (Å²) in [5, 5.41) is 4.22. The Morgan fingerprint density at radius 1 is 0.846 bits per heavy atom. The second kappa shape index (κ2) is 8.75. The lowest BCUT2D eigenvalue weighted by molar-refractivity contribution is -0.123. The van der Waals surface area contributed by atoms with Gasteiger partial charge in [-0.25, -0.2) is 0 Å². The Bertz CT molecular complexity index is 867. The Balaban J connectivity index is 1.73. The molecule has 0 saturated carbocycles. The first-order valence-electron chi connectivity index (χ1n) is 8.10. The van der Waals surface area contributed by atoms with Gasteiger partial charge in [-0.3, -0.25) is 4.79 Å². The molecule has 0 heterocycles. The van der Waals surface area contributed by atoms with Gasteiger partial charge in [0.05, 0.1) is 6.04 Å². The van der Waals surface area contributed by atoms with Crippen molar-refractivity contribution in [3.8, 4) is 5.75 Å². The molecule has 26 heavy (non-hydrogen) atoms. The van der Waals surface area contributed by atoms with Crippen molar-refractivity contribution >= 4 is 29.1 Å². The van der Waals surface area contributed by atoms with Crippen LogP contribution < -0.4 is 10.1 Å². The van der Waals surface area contributed by atoms with E-state index >= 15 is 0 Å². The van der Waals surface area contributed by atoms with Crippen molar-refractivity contribution in [1.29, 1.82) is 0 Å². The van der Waals surface area contributed by atoms with E-state index in [9.17, 15) is 4.79 Å². The van der Waals surface area contributed by atoms with Gasteiger partial charge in [0, 0.05) is 10.0 Å². The second-order valence-corrected chi connectivity index (χ2v) is 6.58. The summed E-state index contributed by atoms with van der Waals surface area (Å²) in [4.78, 5) is 12.4. The van der Waals surface area contributed by atoms with Crippen LogP contribution in [0.25, 0.3) is 0 Å².